The lowest BCUT2D eigenvalue weighted by molar-refractivity contribution is 0.439. The number of aryl methyl sites for hydroxylation is 1. The maximum Gasteiger partial charge on any atom is 0.258 e. The van der Waals surface area contributed by atoms with Crippen LogP contribution in [-0.2, 0) is 12.8 Å². The smallest absolute Gasteiger partial charge is 0.258 e. The SMILES string of the molecule is CCc1ccc(-c2nc3c(c(=O)[nH]2)Cc2c(ccc4ccccc24)O3)cc1. The Balaban J connectivity index is 1.61. The molecule has 3 aromatic carbocycles. The summed E-state index contributed by atoms with van der Waals surface area (Å²) in [6, 6.07) is 20.2. The Morgan fingerprint density at radius 1 is 1.00 bits per heavy atom. The number of H-pyrrole nitrogens is 1. The fraction of sp³-hybridized carbons (Fsp3) is 0.130. The minimum absolute atomic E-state index is 0.145. The highest BCUT2D eigenvalue weighted by atomic mass is 16.5. The van der Waals surface area contributed by atoms with Crippen LogP contribution in [0.4, 0.5) is 0 Å². The van der Waals surface area contributed by atoms with Gasteiger partial charge in [0, 0.05) is 17.5 Å². The van der Waals surface area contributed by atoms with Gasteiger partial charge < -0.3 is 9.72 Å². The topological polar surface area (TPSA) is 55.0 Å². The largest absolute Gasteiger partial charge is 0.438 e. The Labute approximate surface area is 156 Å². The third kappa shape index (κ3) is 2.61. The van der Waals surface area contributed by atoms with Gasteiger partial charge in [0.1, 0.15) is 11.6 Å². The molecule has 132 valence electrons. The van der Waals surface area contributed by atoms with Crippen LogP contribution >= 0.6 is 0 Å². The highest BCUT2D eigenvalue weighted by molar-refractivity contribution is 5.88. The van der Waals surface area contributed by atoms with Crippen molar-refractivity contribution in [2.24, 2.45) is 0 Å². The number of benzene rings is 3. The summed E-state index contributed by atoms with van der Waals surface area (Å²) in [4.78, 5) is 20.3. The lowest BCUT2D eigenvalue weighted by Gasteiger charge is -2.20. The summed E-state index contributed by atoms with van der Waals surface area (Å²) >= 11 is 0. The van der Waals surface area contributed by atoms with Gasteiger partial charge in [-0.25, -0.2) is 0 Å². The monoisotopic (exact) mass is 354 g/mol. The second-order valence-electron chi connectivity index (χ2n) is 6.79. The predicted octanol–water partition coefficient (Wildman–Crippen LogP) is 4.85. The number of rotatable bonds is 2. The molecule has 1 aliphatic rings. The Morgan fingerprint density at radius 3 is 2.63 bits per heavy atom. The summed E-state index contributed by atoms with van der Waals surface area (Å²) in [5.74, 6) is 1.70. The van der Waals surface area contributed by atoms with E-state index in [2.05, 4.69) is 41.2 Å². The van der Waals surface area contributed by atoms with Gasteiger partial charge in [-0.3, -0.25) is 4.79 Å². The van der Waals surface area contributed by atoms with Crippen LogP contribution in [0, 0.1) is 0 Å². The molecule has 27 heavy (non-hydrogen) atoms. The van der Waals surface area contributed by atoms with E-state index in [0.717, 1.165) is 34.1 Å². The molecule has 4 aromatic rings. The van der Waals surface area contributed by atoms with E-state index in [9.17, 15) is 4.79 Å². The van der Waals surface area contributed by atoms with E-state index in [0.29, 0.717) is 23.7 Å². The molecule has 5 rings (SSSR count). The average Bonchev–Trinajstić information content (AvgIpc) is 2.72. The number of aromatic amines is 1. The summed E-state index contributed by atoms with van der Waals surface area (Å²) in [5, 5.41) is 2.25. The summed E-state index contributed by atoms with van der Waals surface area (Å²) in [5.41, 5.74) is 3.59. The van der Waals surface area contributed by atoms with Crippen molar-refractivity contribution in [3.63, 3.8) is 0 Å². The van der Waals surface area contributed by atoms with Crippen molar-refractivity contribution in [1.29, 1.82) is 0 Å². The summed E-state index contributed by atoms with van der Waals surface area (Å²) in [6.45, 7) is 2.11. The molecule has 0 unspecified atom stereocenters. The first kappa shape index (κ1) is 15.8. The zero-order chi connectivity index (χ0) is 18.4. The molecule has 0 radical (unpaired) electrons. The number of hydrogen-bond acceptors (Lipinski definition) is 3. The Kier molecular flexibility index (Phi) is 3.57. The van der Waals surface area contributed by atoms with E-state index in [4.69, 9.17) is 4.74 Å². The Bertz CT molecular complexity index is 1220. The molecule has 0 amide bonds. The second kappa shape index (κ2) is 6.09. The van der Waals surface area contributed by atoms with Crippen LogP contribution in [0.25, 0.3) is 22.2 Å². The van der Waals surface area contributed by atoms with E-state index in [-0.39, 0.29) is 5.56 Å². The fourth-order valence-corrected chi connectivity index (χ4v) is 3.63. The van der Waals surface area contributed by atoms with Crippen molar-refractivity contribution in [2.45, 2.75) is 19.8 Å². The van der Waals surface area contributed by atoms with Crippen molar-refractivity contribution < 1.29 is 4.74 Å². The molecular formula is C23H18N2O2. The van der Waals surface area contributed by atoms with Gasteiger partial charge in [-0.05, 0) is 28.8 Å². The first-order valence-electron chi connectivity index (χ1n) is 9.14. The minimum atomic E-state index is -0.145. The van der Waals surface area contributed by atoms with Crippen molar-refractivity contribution in [2.75, 3.05) is 0 Å². The molecule has 0 saturated heterocycles. The van der Waals surface area contributed by atoms with E-state index >= 15 is 0 Å². The molecule has 2 heterocycles. The lowest BCUT2D eigenvalue weighted by atomic mass is 9.96. The average molecular weight is 354 g/mol. The van der Waals surface area contributed by atoms with E-state index in [1.165, 1.54) is 5.56 Å². The van der Waals surface area contributed by atoms with Crippen LogP contribution in [-0.4, -0.2) is 9.97 Å². The number of hydrogen-bond donors (Lipinski definition) is 1. The maximum absolute atomic E-state index is 12.8. The molecule has 4 nitrogen and oxygen atoms in total. The highest BCUT2D eigenvalue weighted by Crippen LogP contribution is 2.38. The lowest BCUT2D eigenvalue weighted by Crippen LogP contribution is -2.20. The van der Waals surface area contributed by atoms with Gasteiger partial charge in [0.15, 0.2) is 0 Å². The minimum Gasteiger partial charge on any atom is -0.438 e. The van der Waals surface area contributed by atoms with Gasteiger partial charge in [0.25, 0.3) is 5.56 Å². The van der Waals surface area contributed by atoms with Crippen LogP contribution in [0.5, 0.6) is 11.6 Å². The number of fused-ring (bicyclic) bond motifs is 4. The number of aromatic nitrogens is 2. The molecule has 0 saturated carbocycles. The normalized spacial score (nSPS) is 12.3. The van der Waals surface area contributed by atoms with E-state index in [1.807, 2.05) is 36.4 Å². The van der Waals surface area contributed by atoms with Gasteiger partial charge in [-0.2, -0.15) is 4.98 Å². The second-order valence-corrected chi connectivity index (χ2v) is 6.79. The third-order valence-corrected chi connectivity index (χ3v) is 5.17. The number of nitrogens with zero attached hydrogens (tertiary/aromatic N) is 1. The Morgan fingerprint density at radius 2 is 1.81 bits per heavy atom. The molecule has 1 aliphatic heterocycles. The van der Waals surface area contributed by atoms with Gasteiger partial charge in [-0.15, -0.1) is 0 Å². The van der Waals surface area contributed by atoms with Crippen molar-refractivity contribution in [1.82, 2.24) is 9.97 Å². The van der Waals surface area contributed by atoms with Gasteiger partial charge in [0.05, 0.1) is 5.56 Å². The number of ether oxygens (including phenoxy) is 1. The van der Waals surface area contributed by atoms with Crippen LogP contribution < -0.4 is 10.3 Å². The quantitative estimate of drug-likeness (QED) is 0.493. The first-order valence-corrected chi connectivity index (χ1v) is 9.14. The zero-order valence-electron chi connectivity index (χ0n) is 15.0. The van der Waals surface area contributed by atoms with Crippen LogP contribution in [0.1, 0.15) is 23.6 Å². The van der Waals surface area contributed by atoms with Gasteiger partial charge in [-0.1, -0.05) is 61.5 Å². The summed E-state index contributed by atoms with van der Waals surface area (Å²) < 4.78 is 6.04. The van der Waals surface area contributed by atoms with E-state index in [1.54, 1.807) is 0 Å². The van der Waals surface area contributed by atoms with Crippen molar-refractivity contribution >= 4 is 10.8 Å². The summed E-state index contributed by atoms with van der Waals surface area (Å²) in [6.07, 6.45) is 1.49. The summed E-state index contributed by atoms with van der Waals surface area (Å²) in [7, 11) is 0. The number of nitrogens with one attached hydrogen (secondary N) is 1. The van der Waals surface area contributed by atoms with Crippen LogP contribution in [0.2, 0.25) is 0 Å². The highest BCUT2D eigenvalue weighted by Gasteiger charge is 2.24. The van der Waals surface area contributed by atoms with Crippen LogP contribution in [0.15, 0.2) is 65.5 Å². The van der Waals surface area contributed by atoms with Gasteiger partial charge in [0.2, 0.25) is 5.88 Å². The zero-order valence-corrected chi connectivity index (χ0v) is 15.0. The molecule has 0 atom stereocenters. The molecular weight excluding hydrogens is 336 g/mol. The van der Waals surface area contributed by atoms with Crippen LogP contribution in [0.3, 0.4) is 0 Å². The first-order chi connectivity index (χ1) is 13.2. The maximum atomic E-state index is 12.8. The van der Waals surface area contributed by atoms with Crippen molar-refractivity contribution in [3.05, 3.63) is 87.7 Å². The molecule has 0 bridgehead atoms. The molecule has 4 heteroatoms. The fourth-order valence-electron chi connectivity index (χ4n) is 3.63. The predicted molar refractivity (Wildman–Crippen MR) is 106 cm³/mol. The molecule has 0 spiro atoms. The standard InChI is InChI=1S/C23H18N2O2/c1-2-14-7-9-16(10-8-14)21-24-22(26)19-13-18-17-6-4-3-5-15(17)11-12-20(18)27-23(19)25-21/h3-12H,2,13H2,1H3,(H,24,25,26). The molecule has 0 fully saturated rings. The van der Waals surface area contributed by atoms with E-state index < -0.39 is 0 Å². The molecule has 0 aliphatic carbocycles. The molecule has 1 N–H and O–H groups in total. The van der Waals surface area contributed by atoms with Crippen molar-refractivity contribution in [3.8, 4) is 23.0 Å². The molecule has 1 aromatic heterocycles. The third-order valence-electron chi connectivity index (χ3n) is 5.17. The van der Waals surface area contributed by atoms with Gasteiger partial charge >= 0.3 is 0 Å². The Hall–Kier alpha value is -3.40.